The first kappa shape index (κ1) is 14.9. The van der Waals surface area contributed by atoms with Crippen LogP contribution in [-0.4, -0.2) is 16.5 Å². The van der Waals surface area contributed by atoms with Gasteiger partial charge in [0.25, 0.3) is 5.91 Å². The van der Waals surface area contributed by atoms with Gasteiger partial charge in [0, 0.05) is 35.2 Å². The number of fused-ring (bicyclic) bond motifs is 3. The molecule has 4 rings (SSSR count). The fourth-order valence-corrected chi connectivity index (χ4v) is 3.72. The maximum absolute atomic E-state index is 13.0. The van der Waals surface area contributed by atoms with E-state index in [9.17, 15) is 9.18 Å². The van der Waals surface area contributed by atoms with Gasteiger partial charge >= 0.3 is 0 Å². The van der Waals surface area contributed by atoms with Crippen LogP contribution >= 0.6 is 0 Å². The van der Waals surface area contributed by atoms with Crippen LogP contribution < -0.4 is 5.32 Å². The molecule has 1 aliphatic carbocycles. The smallest absolute Gasteiger partial charge is 0.251 e. The molecular formula is C20H19FN2O. The van der Waals surface area contributed by atoms with Crippen molar-refractivity contribution in [2.45, 2.75) is 25.3 Å². The fraction of sp³-hybridized carbons (Fsp3) is 0.250. The van der Waals surface area contributed by atoms with E-state index in [0.717, 1.165) is 19.3 Å². The highest BCUT2D eigenvalue weighted by atomic mass is 19.1. The summed E-state index contributed by atoms with van der Waals surface area (Å²) in [7, 11) is 2.11. The summed E-state index contributed by atoms with van der Waals surface area (Å²) in [4.78, 5) is 12.4. The summed E-state index contributed by atoms with van der Waals surface area (Å²) in [5.74, 6) is -0.465. The lowest BCUT2D eigenvalue weighted by Gasteiger charge is -2.24. The van der Waals surface area contributed by atoms with Crippen LogP contribution in [-0.2, 0) is 19.9 Å². The number of para-hydroxylation sites is 1. The average molecular weight is 322 g/mol. The number of aromatic nitrogens is 1. The van der Waals surface area contributed by atoms with Crippen LogP contribution in [0.1, 0.15) is 28.0 Å². The lowest BCUT2D eigenvalue weighted by atomic mass is 9.91. The van der Waals surface area contributed by atoms with Crippen LogP contribution in [0.15, 0.2) is 48.5 Å². The van der Waals surface area contributed by atoms with Crippen LogP contribution in [0.4, 0.5) is 4.39 Å². The second-order valence-corrected chi connectivity index (χ2v) is 6.42. The Kier molecular flexibility index (Phi) is 3.60. The molecule has 0 bridgehead atoms. The Balaban J connectivity index is 1.57. The van der Waals surface area contributed by atoms with E-state index in [-0.39, 0.29) is 17.8 Å². The van der Waals surface area contributed by atoms with E-state index in [0.29, 0.717) is 5.56 Å². The lowest BCUT2D eigenvalue weighted by molar-refractivity contribution is 0.0933. The molecule has 3 aromatic rings. The maximum Gasteiger partial charge on any atom is 0.251 e. The minimum Gasteiger partial charge on any atom is -0.349 e. The summed E-state index contributed by atoms with van der Waals surface area (Å²) in [6.45, 7) is 0. The quantitative estimate of drug-likeness (QED) is 0.768. The number of nitrogens with zero attached hydrogens (tertiary/aromatic N) is 1. The van der Waals surface area contributed by atoms with Crippen molar-refractivity contribution < 1.29 is 9.18 Å². The minimum absolute atomic E-state index is 0.112. The van der Waals surface area contributed by atoms with Gasteiger partial charge in [0.15, 0.2) is 0 Å². The number of halogens is 1. The molecule has 1 aliphatic rings. The number of rotatable bonds is 2. The van der Waals surface area contributed by atoms with Crippen molar-refractivity contribution in [3.8, 4) is 0 Å². The molecule has 0 fully saturated rings. The third kappa shape index (κ3) is 2.48. The number of aryl methyl sites for hydroxylation is 1. The van der Waals surface area contributed by atoms with Crippen molar-refractivity contribution in [1.29, 1.82) is 0 Å². The predicted octanol–water partition coefficient (Wildman–Crippen LogP) is 3.60. The second-order valence-electron chi connectivity index (χ2n) is 6.42. The van der Waals surface area contributed by atoms with Crippen LogP contribution in [0.2, 0.25) is 0 Å². The molecule has 1 unspecified atom stereocenters. The maximum atomic E-state index is 13.0. The molecule has 122 valence electrons. The Morgan fingerprint density at radius 1 is 1.17 bits per heavy atom. The molecule has 0 saturated carbocycles. The molecule has 0 spiro atoms. The van der Waals surface area contributed by atoms with Crippen molar-refractivity contribution in [3.63, 3.8) is 0 Å². The van der Waals surface area contributed by atoms with Gasteiger partial charge < -0.3 is 9.88 Å². The number of carbonyl (C=O) groups is 1. The summed E-state index contributed by atoms with van der Waals surface area (Å²) >= 11 is 0. The number of nitrogens with one attached hydrogen (secondary N) is 1. The number of hydrogen-bond donors (Lipinski definition) is 1. The molecule has 1 N–H and O–H groups in total. The molecule has 1 amide bonds. The number of hydrogen-bond acceptors (Lipinski definition) is 1. The Morgan fingerprint density at radius 3 is 2.71 bits per heavy atom. The summed E-state index contributed by atoms with van der Waals surface area (Å²) < 4.78 is 15.3. The number of benzene rings is 2. The summed E-state index contributed by atoms with van der Waals surface area (Å²) in [5.41, 5.74) is 4.44. The molecule has 24 heavy (non-hydrogen) atoms. The molecule has 0 saturated heterocycles. The summed E-state index contributed by atoms with van der Waals surface area (Å²) in [5, 5.41) is 4.37. The van der Waals surface area contributed by atoms with E-state index < -0.39 is 0 Å². The first-order valence-electron chi connectivity index (χ1n) is 8.25. The largest absolute Gasteiger partial charge is 0.349 e. The Labute approximate surface area is 140 Å². The Morgan fingerprint density at radius 2 is 1.92 bits per heavy atom. The fourth-order valence-electron chi connectivity index (χ4n) is 3.72. The van der Waals surface area contributed by atoms with Gasteiger partial charge in [-0.25, -0.2) is 4.39 Å². The van der Waals surface area contributed by atoms with Crippen LogP contribution in [0, 0.1) is 5.82 Å². The highest BCUT2D eigenvalue weighted by molar-refractivity contribution is 5.94. The SMILES string of the molecule is Cn1c2c(c3ccccc31)CC(NC(=O)c1ccc(F)cc1)CC2. The van der Waals surface area contributed by atoms with Gasteiger partial charge in [-0.05, 0) is 55.2 Å². The van der Waals surface area contributed by atoms with Gasteiger partial charge in [-0.1, -0.05) is 18.2 Å². The predicted molar refractivity (Wildman–Crippen MR) is 92.6 cm³/mol. The van der Waals surface area contributed by atoms with Gasteiger partial charge in [0.2, 0.25) is 0 Å². The van der Waals surface area contributed by atoms with E-state index in [1.165, 1.54) is 46.4 Å². The minimum atomic E-state index is -0.329. The third-order valence-electron chi connectivity index (χ3n) is 4.97. The van der Waals surface area contributed by atoms with Gasteiger partial charge in [0.05, 0.1) is 0 Å². The normalized spacial score (nSPS) is 16.8. The topological polar surface area (TPSA) is 34.0 Å². The second kappa shape index (κ2) is 5.78. The monoisotopic (exact) mass is 322 g/mol. The zero-order valence-electron chi connectivity index (χ0n) is 13.6. The molecular weight excluding hydrogens is 303 g/mol. The van der Waals surface area contributed by atoms with Crippen LogP contribution in [0.25, 0.3) is 10.9 Å². The molecule has 0 radical (unpaired) electrons. The Hall–Kier alpha value is -2.62. The van der Waals surface area contributed by atoms with Crippen molar-refractivity contribution in [1.82, 2.24) is 9.88 Å². The van der Waals surface area contributed by atoms with E-state index in [2.05, 4.69) is 41.2 Å². The highest BCUT2D eigenvalue weighted by Crippen LogP contribution is 2.31. The molecule has 3 nitrogen and oxygen atoms in total. The molecule has 1 heterocycles. The Bertz CT molecular complexity index is 911. The zero-order chi connectivity index (χ0) is 16.7. The zero-order valence-corrected chi connectivity index (χ0v) is 13.6. The van der Waals surface area contributed by atoms with E-state index in [4.69, 9.17) is 0 Å². The van der Waals surface area contributed by atoms with Crippen molar-refractivity contribution >= 4 is 16.8 Å². The summed E-state index contributed by atoms with van der Waals surface area (Å²) in [6.07, 6.45) is 2.71. The molecule has 1 aromatic heterocycles. The van der Waals surface area contributed by atoms with Gasteiger partial charge in [0.1, 0.15) is 5.82 Å². The van der Waals surface area contributed by atoms with Crippen LogP contribution in [0.3, 0.4) is 0 Å². The number of carbonyl (C=O) groups excluding carboxylic acids is 1. The molecule has 4 heteroatoms. The van der Waals surface area contributed by atoms with Gasteiger partial charge in [-0.15, -0.1) is 0 Å². The van der Waals surface area contributed by atoms with Gasteiger partial charge in [-0.3, -0.25) is 4.79 Å². The average Bonchev–Trinajstić information content (AvgIpc) is 2.88. The third-order valence-corrected chi connectivity index (χ3v) is 4.97. The first-order valence-corrected chi connectivity index (χ1v) is 8.25. The highest BCUT2D eigenvalue weighted by Gasteiger charge is 2.25. The van der Waals surface area contributed by atoms with Crippen LogP contribution in [0.5, 0.6) is 0 Å². The number of amides is 1. The molecule has 0 aliphatic heterocycles. The first-order chi connectivity index (χ1) is 11.6. The van der Waals surface area contributed by atoms with E-state index >= 15 is 0 Å². The lowest BCUT2D eigenvalue weighted by Crippen LogP contribution is -2.39. The van der Waals surface area contributed by atoms with Gasteiger partial charge in [-0.2, -0.15) is 0 Å². The standard InChI is InChI=1S/C20H19FN2O/c1-23-18-5-3-2-4-16(18)17-12-15(10-11-19(17)23)22-20(24)13-6-8-14(21)9-7-13/h2-9,15H,10-12H2,1H3,(H,22,24). The van der Waals surface area contributed by atoms with Crippen molar-refractivity contribution in [2.24, 2.45) is 7.05 Å². The van der Waals surface area contributed by atoms with Crippen molar-refractivity contribution in [3.05, 3.63) is 71.2 Å². The van der Waals surface area contributed by atoms with Crippen molar-refractivity contribution in [2.75, 3.05) is 0 Å². The van der Waals surface area contributed by atoms with E-state index in [1.807, 2.05) is 0 Å². The summed E-state index contributed by atoms with van der Waals surface area (Å²) in [6, 6.07) is 14.2. The van der Waals surface area contributed by atoms with E-state index in [1.54, 1.807) is 0 Å². The molecule has 2 aromatic carbocycles. The molecule has 1 atom stereocenters.